The fraction of sp³-hybridized carbons (Fsp3) is 0.333. The van der Waals surface area contributed by atoms with Crippen LogP contribution in [0.4, 0.5) is 10.1 Å². The third-order valence-electron chi connectivity index (χ3n) is 6.41. The number of amides is 2. The zero-order chi connectivity index (χ0) is 30.3. The van der Waals surface area contributed by atoms with Crippen LogP contribution < -0.4 is 9.62 Å². The molecule has 0 aliphatic carbocycles. The lowest BCUT2D eigenvalue weighted by molar-refractivity contribution is -0.140. The third-order valence-corrected chi connectivity index (χ3v) is 8.94. The quantitative estimate of drug-likeness (QED) is 0.260. The van der Waals surface area contributed by atoms with Gasteiger partial charge in [0, 0.05) is 13.1 Å². The maximum absolute atomic E-state index is 14.0. The summed E-state index contributed by atoms with van der Waals surface area (Å²) in [7, 11) is -4.25. The normalized spacial score (nSPS) is 12.2. The molecule has 11 heteroatoms. The SMILES string of the molecule is CC[C@H](C(=O)NCC(C)C)N(Cc1ccc(Cl)c(Cl)c1)C(=O)CN(c1ccc(F)cc1)S(=O)(=O)c1ccc(C)cc1. The standard InChI is InChI=1S/C30H34Cl2FN3O4S/c1-5-28(30(38)34-17-20(2)3)35(18-22-8-15-26(31)27(32)16-22)29(37)19-36(24-11-9-23(33)10-12-24)41(39,40)25-13-6-21(4)7-14-25/h6-16,20,28H,5,17-19H2,1-4H3,(H,34,38)/t28-/m1/s1. The molecular formula is C30H34Cl2FN3O4S. The van der Waals surface area contributed by atoms with E-state index in [0.29, 0.717) is 17.1 Å². The summed E-state index contributed by atoms with van der Waals surface area (Å²) in [5.41, 5.74) is 1.57. The first kappa shape index (κ1) is 32.4. The van der Waals surface area contributed by atoms with E-state index in [2.05, 4.69) is 5.32 Å². The van der Waals surface area contributed by atoms with Crippen LogP contribution in [0.3, 0.4) is 0 Å². The first-order valence-corrected chi connectivity index (χ1v) is 15.4. The van der Waals surface area contributed by atoms with Gasteiger partial charge in [-0.3, -0.25) is 13.9 Å². The van der Waals surface area contributed by atoms with E-state index in [1.54, 1.807) is 37.3 Å². The minimum Gasteiger partial charge on any atom is -0.354 e. The van der Waals surface area contributed by atoms with Crippen LogP contribution in [0.1, 0.15) is 38.3 Å². The number of anilines is 1. The Hall–Kier alpha value is -3.14. The Labute approximate surface area is 251 Å². The molecule has 0 aliphatic rings. The van der Waals surface area contributed by atoms with Crippen molar-refractivity contribution in [1.29, 1.82) is 0 Å². The largest absolute Gasteiger partial charge is 0.354 e. The maximum atomic E-state index is 14.0. The molecule has 1 atom stereocenters. The fourth-order valence-electron chi connectivity index (χ4n) is 4.15. The van der Waals surface area contributed by atoms with E-state index in [1.165, 1.54) is 29.2 Å². The van der Waals surface area contributed by atoms with Gasteiger partial charge in [0.05, 0.1) is 20.6 Å². The summed E-state index contributed by atoms with van der Waals surface area (Å²) in [6.45, 7) is 7.27. The Kier molecular flexibility index (Phi) is 11.2. The zero-order valence-corrected chi connectivity index (χ0v) is 25.7. The molecule has 2 amide bonds. The van der Waals surface area contributed by atoms with Gasteiger partial charge in [-0.1, -0.05) is 67.7 Å². The van der Waals surface area contributed by atoms with E-state index < -0.39 is 34.3 Å². The van der Waals surface area contributed by atoms with Gasteiger partial charge < -0.3 is 10.2 Å². The van der Waals surface area contributed by atoms with Gasteiger partial charge in [-0.2, -0.15) is 0 Å². The summed E-state index contributed by atoms with van der Waals surface area (Å²) >= 11 is 12.3. The van der Waals surface area contributed by atoms with Crippen molar-refractivity contribution in [3.05, 3.63) is 93.7 Å². The van der Waals surface area contributed by atoms with Crippen LogP contribution in [-0.2, 0) is 26.2 Å². The van der Waals surface area contributed by atoms with E-state index >= 15 is 0 Å². The number of nitrogens with one attached hydrogen (secondary N) is 1. The van der Waals surface area contributed by atoms with Crippen molar-refractivity contribution in [2.24, 2.45) is 5.92 Å². The van der Waals surface area contributed by atoms with Crippen LogP contribution in [0, 0.1) is 18.7 Å². The molecule has 0 fully saturated rings. The van der Waals surface area contributed by atoms with Gasteiger partial charge in [-0.05, 0) is 73.4 Å². The van der Waals surface area contributed by atoms with E-state index in [1.807, 2.05) is 20.8 Å². The molecular weight excluding hydrogens is 588 g/mol. The predicted octanol–water partition coefficient (Wildman–Crippen LogP) is 6.22. The Balaban J connectivity index is 2.05. The summed E-state index contributed by atoms with van der Waals surface area (Å²) in [6.07, 6.45) is 0.276. The number of aryl methyl sites for hydroxylation is 1. The molecule has 0 aromatic heterocycles. The summed E-state index contributed by atoms with van der Waals surface area (Å²) < 4.78 is 42.4. The highest BCUT2D eigenvalue weighted by Crippen LogP contribution is 2.27. The molecule has 220 valence electrons. The molecule has 7 nitrogen and oxygen atoms in total. The number of carbonyl (C=O) groups is 2. The number of halogens is 3. The average Bonchev–Trinajstić information content (AvgIpc) is 2.93. The number of hydrogen-bond donors (Lipinski definition) is 1. The summed E-state index contributed by atoms with van der Waals surface area (Å²) in [5.74, 6) is -1.35. The van der Waals surface area contributed by atoms with Gasteiger partial charge in [-0.15, -0.1) is 0 Å². The highest BCUT2D eigenvalue weighted by Gasteiger charge is 2.33. The highest BCUT2D eigenvalue weighted by molar-refractivity contribution is 7.92. The van der Waals surface area contributed by atoms with Crippen molar-refractivity contribution in [2.75, 3.05) is 17.4 Å². The first-order chi connectivity index (χ1) is 19.3. The first-order valence-electron chi connectivity index (χ1n) is 13.2. The lowest BCUT2D eigenvalue weighted by Gasteiger charge is -2.33. The molecule has 0 bridgehead atoms. The lowest BCUT2D eigenvalue weighted by Crippen LogP contribution is -2.52. The van der Waals surface area contributed by atoms with E-state index in [9.17, 15) is 22.4 Å². The molecule has 41 heavy (non-hydrogen) atoms. The number of hydrogen-bond acceptors (Lipinski definition) is 4. The Morgan fingerprint density at radius 2 is 1.59 bits per heavy atom. The van der Waals surface area contributed by atoms with Gasteiger partial charge >= 0.3 is 0 Å². The number of rotatable bonds is 12. The zero-order valence-electron chi connectivity index (χ0n) is 23.4. The molecule has 1 N–H and O–H groups in total. The van der Waals surface area contributed by atoms with Crippen molar-refractivity contribution < 1.29 is 22.4 Å². The molecule has 3 aromatic carbocycles. The van der Waals surface area contributed by atoms with Crippen molar-refractivity contribution in [2.45, 2.75) is 51.6 Å². The Bertz CT molecular complexity index is 1470. The second-order valence-corrected chi connectivity index (χ2v) is 12.8. The third kappa shape index (κ3) is 8.44. The molecule has 0 aliphatic heterocycles. The van der Waals surface area contributed by atoms with Gasteiger partial charge in [0.1, 0.15) is 18.4 Å². The van der Waals surface area contributed by atoms with Crippen LogP contribution in [0.15, 0.2) is 71.6 Å². The summed E-state index contributed by atoms with van der Waals surface area (Å²) in [5, 5.41) is 3.49. The molecule has 3 rings (SSSR count). The van der Waals surface area contributed by atoms with E-state index in [0.717, 1.165) is 22.0 Å². The van der Waals surface area contributed by atoms with Crippen LogP contribution in [-0.4, -0.2) is 44.3 Å². The van der Waals surface area contributed by atoms with Crippen LogP contribution in [0.2, 0.25) is 10.0 Å². The maximum Gasteiger partial charge on any atom is 0.264 e. The molecule has 0 radical (unpaired) electrons. The molecule has 0 saturated heterocycles. The van der Waals surface area contributed by atoms with E-state index in [-0.39, 0.29) is 40.4 Å². The van der Waals surface area contributed by atoms with Crippen molar-refractivity contribution in [1.82, 2.24) is 10.2 Å². The van der Waals surface area contributed by atoms with Crippen LogP contribution in [0.5, 0.6) is 0 Å². The van der Waals surface area contributed by atoms with E-state index in [4.69, 9.17) is 23.2 Å². The summed E-state index contributed by atoms with van der Waals surface area (Å²) in [6, 6.07) is 15.0. The van der Waals surface area contributed by atoms with Crippen molar-refractivity contribution in [3.8, 4) is 0 Å². The molecule has 0 unspecified atom stereocenters. The monoisotopic (exact) mass is 621 g/mol. The minimum atomic E-state index is -4.25. The van der Waals surface area contributed by atoms with Gasteiger partial charge in [-0.25, -0.2) is 12.8 Å². The lowest BCUT2D eigenvalue weighted by atomic mass is 10.1. The van der Waals surface area contributed by atoms with Gasteiger partial charge in [0.2, 0.25) is 11.8 Å². The van der Waals surface area contributed by atoms with Crippen molar-refractivity contribution >= 4 is 50.7 Å². The summed E-state index contributed by atoms with van der Waals surface area (Å²) in [4.78, 5) is 28.6. The van der Waals surface area contributed by atoms with Crippen molar-refractivity contribution in [3.63, 3.8) is 0 Å². The topological polar surface area (TPSA) is 86.8 Å². The number of benzene rings is 3. The minimum absolute atomic E-state index is 0.0227. The van der Waals surface area contributed by atoms with Crippen LogP contribution >= 0.6 is 23.2 Å². The van der Waals surface area contributed by atoms with Gasteiger partial charge in [0.25, 0.3) is 10.0 Å². The molecule has 3 aromatic rings. The number of sulfonamides is 1. The number of carbonyl (C=O) groups excluding carboxylic acids is 2. The number of nitrogens with zero attached hydrogens (tertiary/aromatic N) is 2. The fourth-order valence-corrected chi connectivity index (χ4v) is 5.89. The second-order valence-electron chi connectivity index (χ2n) is 10.1. The van der Waals surface area contributed by atoms with Crippen LogP contribution in [0.25, 0.3) is 0 Å². The molecule has 0 spiro atoms. The Morgan fingerprint density at radius 3 is 2.15 bits per heavy atom. The average molecular weight is 623 g/mol. The predicted molar refractivity (Wildman–Crippen MR) is 161 cm³/mol. The molecule has 0 heterocycles. The second kappa shape index (κ2) is 14.2. The molecule has 0 saturated carbocycles. The smallest absolute Gasteiger partial charge is 0.264 e. The van der Waals surface area contributed by atoms with Gasteiger partial charge in [0.15, 0.2) is 0 Å². The highest BCUT2D eigenvalue weighted by atomic mass is 35.5. The Morgan fingerprint density at radius 1 is 0.951 bits per heavy atom.